The molecule has 1 amide bonds. The lowest BCUT2D eigenvalue weighted by Crippen LogP contribution is -2.30. The largest absolute Gasteiger partial charge is 0.268 e. The van der Waals surface area contributed by atoms with Crippen LogP contribution in [0.5, 0.6) is 0 Å². The summed E-state index contributed by atoms with van der Waals surface area (Å²) in [6.45, 7) is 0. The number of amides is 1. The van der Waals surface area contributed by atoms with E-state index in [9.17, 15) is 21.6 Å². The molecule has 0 saturated heterocycles. The van der Waals surface area contributed by atoms with Crippen LogP contribution in [0.2, 0.25) is 0 Å². The summed E-state index contributed by atoms with van der Waals surface area (Å²) in [6.07, 6.45) is 4.06. The lowest BCUT2D eigenvalue weighted by Gasteiger charge is -2.09. The van der Waals surface area contributed by atoms with Crippen molar-refractivity contribution in [3.05, 3.63) is 66.5 Å². The molecule has 0 aliphatic heterocycles. The summed E-state index contributed by atoms with van der Waals surface area (Å²) < 4.78 is 51.1. The first-order valence-corrected chi connectivity index (χ1v) is 10.9. The van der Waals surface area contributed by atoms with Crippen LogP contribution in [0.25, 0.3) is 5.69 Å². The number of carbonyl (C=O) groups excluding carboxylic acids is 1. The molecule has 140 valence electrons. The van der Waals surface area contributed by atoms with Crippen LogP contribution >= 0.6 is 0 Å². The first kappa shape index (κ1) is 18.7. The fourth-order valence-electron chi connectivity index (χ4n) is 2.24. The zero-order chi connectivity index (χ0) is 19.7. The van der Waals surface area contributed by atoms with Gasteiger partial charge in [-0.2, -0.15) is 0 Å². The van der Waals surface area contributed by atoms with E-state index in [2.05, 4.69) is 10.3 Å². The van der Waals surface area contributed by atoms with E-state index in [1.165, 1.54) is 35.1 Å². The number of hydrogen-bond donors (Lipinski definition) is 1. The van der Waals surface area contributed by atoms with Gasteiger partial charge in [0, 0.05) is 11.8 Å². The summed E-state index contributed by atoms with van der Waals surface area (Å²) in [5.74, 6) is -0.829. The van der Waals surface area contributed by atoms with Gasteiger partial charge < -0.3 is 0 Å². The van der Waals surface area contributed by atoms with Crippen molar-refractivity contribution in [1.29, 1.82) is 0 Å². The minimum absolute atomic E-state index is 0.0201. The van der Waals surface area contributed by atoms with Crippen molar-refractivity contribution in [3.8, 4) is 5.69 Å². The molecule has 0 bridgehead atoms. The standard InChI is InChI=1S/C16H14N4O5S2/c1-26(22,23)14-5-7-15(8-6-14)27(24,25)18-16(21)12-3-2-4-13(11-12)20-10-9-17-19-20/h2-11H,1H3,(H,18,21). The third-order valence-electron chi connectivity index (χ3n) is 3.58. The monoisotopic (exact) mass is 406 g/mol. The summed E-state index contributed by atoms with van der Waals surface area (Å²) in [4.78, 5) is 12.1. The van der Waals surface area contributed by atoms with Crippen LogP contribution in [0.15, 0.2) is 70.7 Å². The van der Waals surface area contributed by atoms with Crippen molar-refractivity contribution in [3.63, 3.8) is 0 Å². The number of aromatic nitrogens is 3. The Labute approximate surface area is 155 Å². The molecule has 0 fully saturated rings. The van der Waals surface area contributed by atoms with Gasteiger partial charge in [-0.1, -0.05) is 11.3 Å². The third kappa shape index (κ3) is 4.20. The Morgan fingerprint density at radius 1 is 1.00 bits per heavy atom. The fraction of sp³-hybridized carbons (Fsp3) is 0.0625. The molecule has 1 heterocycles. The highest BCUT2D eigenvalue weighted by Gasteiger charge is 2.20. The summed E-state index contributed by atoms with van der Waals surface area (Å²) >= 11 is 0. The molecular formula is C16H14N4O5S2. The molecule has 0 atom stereocenters. The van der Waals surface area contributed by atoms with Gasteiger partial charge in [-0.25, -0.2) is 26.2 Å². The third-order valence-corrected chi connectivity index (χ3v) is 6.06. The molecule has 3 rings (SSSR count). The first-order valence-electron chi connectivity index (χ1n) is 7.51. The molecule has 27 heavy (non-hydrogen) atoms. The van der Waals surface area contributed by atoms with Crippen molar-refractivity contribution in [2.45, 2.75) is 9.79 Å². The molecule has 2 aromatic carbocycles. The molecule has 1 aromatic heterocycles. The van der Waals surface area contributed by atoms with Crippen LogP contribution < -0.4 is 4.72 Å². The highest BCUT2D eigenvalue weighted by molar-refractivity contribution is 7.91. The van der Waals surface area contributed by atoms with Crippen LogP contribution in [-0.2, 0) is 19.9 Å². The van der Waals surface area contributed by atoms with Gasteiger partial charge in [0.05, 0.1) is 27.9 Å². The van der Waals surface area contributed by atoms with Gasteiger partial charge in [0.25, 0.3) is 15.9 Å². The zero-order valence-corrected chi connectivity index (χ0v) is 15.6. The topological polar surface area (TPSA) is 128 Å². The smallest absolute Gasteiger partial charge is 0.265 e. The second-order valence-corrected chi connectivity index (χ2v) is 9.27. The zero-order valence-electron chi connectivity index (χ0n) is 14.0. The Hall–Kier alpha value is -3.05. The Morgan fingerprint density at radius 3 is 2.26 bits per heavy atom. The van der Waals surface area contributed by atoms with E-state index >= 15 is 0 Å². The van der Waals surface area contributed by atoms with E-state index in [-0.39, 0.29) is 15.4 Å². The van der Waals surface area contributed by atoms with E-state index in [1.54, 1.807) is 18.3 Å². The van der Waals surface area contributed by atoms with Crippen LogP contribution in [-0.4, -0.2) is 44.0 Å². The van der Waals surface area contributed by atoms with Gasteiger partial charge in [0.2, 0.25) is 0 Å². The Morgan fingerprint density at radius 2 is 1.67 bits per heavy atom. The molecule has 0 aliphatic carbocycles. The number of carbonyl (C=O) groups is 1. The van der Waals surface area contributed by atoms with Gasteiger partial charge in [-0.3, -0.25) is 4.79 Å². The van der Waals surface area contributed by atoms with Crippen molar-refractivity contribution < 1.29 is 21.6 Å². The number of nitrogens with one attached hydrogen (secondary N) is 1. The molecule has 3 aromatic rings. The maximum atomic E-state index is 12.4. The molecule has 0 unspecified atom stereocenters. The van der Waals surface area contributed by atoms with Crippen molar-refractivity contribution >= 4 is 25.8 Å². The second-order valence-electron chi connectivity index (χ2n) is 5.58. The minimum atomic E-state index is -4.17. The Bertz CT molecular complexity index is 1190. The van der Waals surface area contributed by atoms with Gasteiger partial charge in [-0.05, 0) is 42.5 Å². The number of hydrogen-bond acceptors (Lipinski definition) is 7. The number of sulfonamides is 1. The first-order chi connectivity index (χ1) is 12.7. The summed E-state index contributed by atoms with van der Waals surface area (Å²) in [6, 6.07) is 10.8. The molecular weight excluding hydrogens is 392 g/mol. The van der Waals surface area contributed by atoms with Crippen LogP contribution in [0.4, 0.5) is 0 Å². The quantitative estimate of drug-likeness (QED) is 0.663. The Balaban J connectivity index is 1.84. The van der Waals surface area contributed by atoms with Crippen LogP contribution in [0.1, 0.15) is 10.4 Å². The second kappa shape index (κ2) is 6.93. The van der Waals surface area contributed by atoms with Crippen LogP contribution in [0, 0.1) is 0 Å². The highest BCUT2D eigenvalue weighted by atomic mass is 32.2. The van der Waals surface area contributed by atoms with E-state index in [1.807, 2.05) is 4.72 Å². The molecule has 11 heteroatoms. The molecule has 9 nitrogen and oxygen atoms in total. The van der Waals surface area contributed by atoms with E-state index in [0.717, 1.165) is 18.4 Å². The van der Waals surface area contributed by atoms with Gasteiger partial charge >= 0.3 is 0 Å². The maximum absolute atomic E-state index is 12.4. The van der Waals surface area contributed by atoms with E-state index < -0.39 is 25.8 Å². The van der Waals surface area contributed by atoms with Gasteiger partial charge in [0.1, 0.15) is 0 Å². The molecule has 1 N–H and O–H groups in total. The average molecular weight is 406 g/mol. The summed E-state index contributed by atoms with van der Waals surface area (Å²) in [5, 5.41) is 7.47. The van der Waals surface area contributed by atoms with E-state index in [0.29, 0.717) is 5.69 Å². The lowest BCUT2D eigenvalue weighted by atomic mass is 10.2. The normalized spacial score (nSPS) is 11.9. The minimum Gasteiger partial charge on any atom is -0.268 e. The number of sulfone groups is 1. The summed E-state index contributed by atoms with van der Waals surface area (Å²) in [5.41, 5.74) is 0.648. The van der Waals surface area contributed by atoms with Crippen molar-refractivity contribution in [2.75, 3.05) is 6.26 Å². The number of benzene rings is 2. The van der Waals surface area contributed by atoms with Crippen molar-refractivity contribution in [2.24, 2.45) is 0 Å². The maximum Gasteiger partial charge on any atom is 0.265 e. The molecule has 0 radical (unpaired) electrons. The van der Waals surface area contributed by atoms with Gasteiger partial charge in [0.15, 0.2) is 9.84 Å². The highest BCUT2D eigenvalue weighted by Crippen LogP contribution is 2.15. The number of rotatable bonds is 5. The molecule has 0 aliphatic rings. The SMILES string of the molecule is CS(=O)(=O)c1ccc(S(=O)(=O)NC(=O)c2cccc(-n3ccnn3)c2)cc1. The molecule has 0 saturated carbocycles. The van der Waals surface area contributed by atoms with Gasteiger partial charge in [-0.15, -0.1) is 5.10 Å². The van der Waals surface area contributed by atoms with Crippen LogP contribution in [0.3, 0.4) is 0 Å². The fourth-order valence-corrected chi connectivity index (χ4v) is 3.85. The van der Waals surface area contributed by atoms with E-state index in [4.69, 9.17) is 0 Å². The summed E-state index contributed by atoms with van der Waals surface area (Å²) in [7, 11) is -7.62. The molecule has 0 spiro atoms. The number of nitrogens with zero attached hydrogens (tertiary/aromatic N) is 3. The average Bonchev–Trinajstić information content (AvgIpc) is 3.15. The lowest BCUT2D eigenvalue weighted by molar-refractivity contribution is 0.0981. The predicted molar refractivity (Wildman–Crippen MR) is 95.6 cm³/mol. The predicted octanol–water partition coefficient (Wildman–Crippen LogP) is 0.789. The van der Waals surface area contributed by atoms with Crippen molar-refractivity contribution in [1.82, 2.24) is 19.7 Å². The Kier molecular flexibility index (Phi) is 4.81.